The van der Waals surface area contributed by atoms with E-state index < -0.39 is 11.9 Å². The minimum atomic E-state index is -0.765. The molecule has 0 spiro atoms. The number of fused-ring (bicyclic) bond motifs is 2. The molecule has 3 aliphatic rings. The highest BCUT2D eigenvalue weighted by molar-refractivity contribution is 6.33. The number of carboxylic acid groups (broad SMARTS) is 1. The Bertz CT molecular complexity index is 1020. The van der Waals surface area contributed by atoms with Crippen LogP contribution in [0.15, 0.2) is 42.5 Å². The van der Waals surface area contributed by atoms with Gasteiger partial charge in [0.1, 0.15) is 0 Å². The normalized spacial score (nSPS) is 32.9. The summed E-state index contributed by atoms with van der Waals surface area (Å²) in [6.45, 7) is 6.00. The number of carboxylic acids is 1. The molecule has 1 saturated heterocycles. The smallest absolute Gasteiger partial charge is 0.309 e. The lowest BCUT2D eigenvalue weighted by molar-refractivity contribution is -0.141. The van der Waals surface area contributed by atoms with Gasteiger partial charge in [0.15, 0.2) is 0 Å². The molecule has 6 heteroatoms. The van der Waals surface area contributed by atoms with Gasteiger partial charge >= 0.3 is 5.97 Å². The molecular formula is C28H36ClN3O2. The van der Waals surface area contributed by atoms with Crippen molar-refractivity contribution >= 4 is 34.6 Å². The summed E-state index contributed by atoms with van der Waals surface area (Å²) in [4.78, 5) is 11.4. The maximum absolute atomic E-state index is 11.4. The number of aliphatic carboxylic acids is 1. The summed E-state index contributed by atoms with van der Waals surface area (Å²) >= 11 is 6.76. The molecule has 0 amide bonds. The first-order valence-corrected chi connectivity index (χ1v) is 13.0. The lowest BCUT2D eigenvalue weighted by Crippen LogP contribution is -2.38. The van der Waals surface area contributed by atoms with Crippen LogP contribution in [0.1, 0.15) is 51.5 Å². The molecule has 2 aromatic carbocycles. The number of benzene rings is 2. The zero-order valence-corrected chi connectivity index (χ0v) is 20.9. The van der Waals surface area contributed by atoms with Crippen LogP contribution in [0.3, 0.4) is 0 Å². The minimum Gasteiger partial charge on any atom is -0.481 e. The number of hydrogen-bond acceptors (Lipinski definition) is 4. The van der Waals surface area contributed by atoms with Gasteiger partial charge in [-0.15, -0.1) is 0 Å². The Morgan fingerprint density at radius 1 is 1.03 bits per heavy atom. The average molecular weight is 482 g/mol. The fourth-order valence-corrected chi connectivity index (χ4v) is 7.15. The molecule has 1 heterocycles. The van der Waals surface area contributed by atoms with Crippen LogP contribution < -0.4 is 16.0 Å². The number of carbonyl (C=O) groups is 1. The Labute approximate surface area is 207 Å². The van der Waals surface area contributed by atoms with Crippen molar-refractivity contribution < 1.29 is 9.90 Å². The maximum atomic E-state index is 11.4. The van der Waals surface area contributed by atoms with Crippen LogP contribution >= 0.6 is 11.6 Å². The van der Waals surface area contributed by atoms with E-state index in [4.69, 9.17) is 11.6 Å². The quantitative estimate of drug-likeness (QED) is 0.391. The number of anilines is 3. The third-order valence-corrected chi connectivity index (χ3v) is 8.64. The fraction of sp³-hybridized carbons (Fsp3) is 0.536. The largest absolute Gasteiger partial charge is 0.481 e. The molecule has 2 aliphatic carbocycles. The molecule has 2 aromatic rings. The summed E-state index contributed by atoms with van der Waals surface area (Å²) in [6.07, 6.45) is 6.69. The second-order valence-corrected chi connectivity index (χ2v) is 11.7. The number of halogens is 1. The van der Waals surface area contributed by atoms with Gasteiger partial charge in [-0.05, 0) is 97.2 Å². The number of hydrogen-bond donors (Lipinski definition) is 4. The topological polar surface area (TPSA) is 73.4 Å². The number of nitrogens with one attached hydrogen (secondary N) is 3. The average Bonchev–Trinajstić information content (AvgIpc) is 3.24. The molecule has 4 atom stereocenters. The molecule has 2 bridgehead atoms. The van der Waals surface area contributed by atoms with E-state index in [1.807, 2.05) is 24.3 Å². The standard InChI is InChI=1S/C28H36ClN3O2/c1-17-9-18-11-19(10-17)14-28(2,13-18)20-3-8-25(24(29)12-20)31-21-4-6-22(7-5-21)32-26-16-30-15-23(26)27(33)34/h3-8,12,17-19,23,26,30-32H,9-11,13-16H2,1-2H3,(H,33,34). The van der Waals surface area contributed by atoms with E-state index in [9.17, 15) is 9.90 Å². The summed E-state index contributed by atoms with van der Waals surface area (Å²) in [6, 6.07) is 14.4. The summed E-state index contributed by atoms with van der Waals surface area (Å²) in [5.74, 6) is 1.39. The van der Waals surface area contributed by atoms with Gasteiger partial charge in [-0.1, -0.05) is 31.5 Å². The molecule has 0 radical (unpaired) electrons. The van der Waals surface area contributed by atoms with E-state index in [2.05, 4.69) is 48.0 Å². The predicted molar refractivity (Wildman–Crippen MR) is 139 cm³/mol. The van der Waals surface area contributed by atoms with E-state index in [1.165, 1.54) is 37.7 Å². The van der Waals surface area contributed by atoms with Crippen molar-refractivity contribution in [3.63, 3.8) is 0 Å². The van der Waals surface area contributed by atoms with Crippen LogP contribution in [0.2, 0.25) is 5.02 Å². The first-order valence-electron chi connectivity index (χ1n) is 12.7. The Morgan fingerprint density at radius 3 is 2.35 bits per heavy atom. The first kappa shape index (κ1) is 23.5. The van der Waals surface area contributed by atoms with Crippen molar-refractivity contribution in [1.29, 1.82) is 0 Å². The second-order valence-electron chi connectivity index (χ2n) is 11.3. The fourth-order valence-electron chi connectivity index (χ4n) is 6.93. The van der Waals surface area contributed by atoms with Crippen molar-refractivity contribution in [2.75, 3.05) is 23.7 Å². The van der Waals surface area contributed by atoms with Crippen molar-refractivity contribution in [1.82, 2.24) is 5.32 Å². The van der Waals surface area contributed by atoms with Crippen molar-refractivity contribution in [3.05, 3.63) is 53.1 Å². The molecule has 3 fully saturated rings. The lowest BCUT2D eigenvalue weighted by atomic mass is 9.57. The number of rotatable bonds is 6. The van der Waals surface area contributed by atoms with Crippen LogP contribution in [0, 0.1) is 23.7 Å². The van der Waals surface area contributed by atoms with Crippen LogP contribution in [-0.2, 0) is 10.2 Å². The van der Waals surface area contributed by atoms with Crippen molar-refractivity contribution in [2.24, 2.45) is 23.7 Å². The zero-order valence-electron chi connectivity index (χ0n) is 20.1. The van der Waals surface area contributed by atoms with Gasteiger partial charge < -0.3 is 21.1 Å². The molecule has 5 rings (SSSR count). The van der Waals surface area contributed by atoms with Crippen molar-refractivity contribution in [3.8, 4) is 0 Å². The molecule has 182 valence electrons. The first-order chi connectivity index (χ1) is 16.3. The van der Waals surface area contributed by atoms with Gasteiger partial charge in [0.2, 0.25) is 0 Å². The Balaban J connectivity index is 1.24. The van der Waals surface area contributed by atoms with E-state index in [-0.39, 0.29) is 11.5 Å². The van der Waals surface area contributed by atoms with Crippen LogP contribution in [0.4, 0.5) is 17.1 Å². The SMILES string of the molecule is CC1CC2CC(C1)CC(C)(c1ccc(Nc3ccc(NC4CNCC4C(=O)O)cc3)c(Cl)c1)C2. The van der Waals surface area contributed by atoms with Gasteiger partial charge in [0.05, 0.1) is 22.7 Å². The summed E-state index contributed by atoms with van der Waals surface area (Å²) in [7, 11) is 0. The van der Waals surface area contributed by atoms with Gasteiger partial charge in [-0.3, -0.25) is 4.79 Å². The predicted octanol–water partition coefficient (Wildman–Crippen LogP) is 6.27. The van der Waals surface area contributed by atoms with E-state index in [0.29, 0.717) is 13.1 Å². The Hall–Kier alpha value is -2.24. The second kappa shape index (κ2) is 9.43. The van der Waals surface area contributed by atoms with Crippen LogP contribution in [0.25, 0.3) is 0 Å². The van der Waals surface area contributed by atoms with Crippen LogP contribution in [0.5, 0.6) is 0 Å². The molecule has 34 heavy (non-hydrogen) atoms. The van der Waals surface area contributed by atoms with Gasteiger partial charge in [0, 0.05) is 24.5 Å². The third kappa shape index (κ3) is 4.92. The summed E-state index contributed by atoms with van der Waals surface area (Å²) in [5.41, 5.74) is 4.35. The molecule has 1 aliphatic heterocycles. The summed E-state index contributed by atoms with van der Waals surface area (Å²) < 4.78 is 0. The highest BCUT2D eigenvalue weighted by atomic mass is 35.5. The molecule has 5 nitrogen and oxygen atoms in total. The molecular weight excluding hydrogens is 446 g/mol. The Morgan fingerprint density at radius 2 is 1.71 bits per heavy atom. The summed E-state index contributed by atoms with van der Waals surface area (Å²) in [5, 5.41) is 20.1. The maximum Gasteiger partial charge on any atom is 0.309 e. The van der Waals surface area contributed by atoms with Gasteiger partial charge in [-0.2, -0.15) is 0 Å². The van der Waals surface area contributed by atoms with E-state index >= 15 is 0 Å². The zero-order chi connectivity index (χ0) is 23.9. The Kier molecular flexibility index (Phi) is 6.51. The highest BCUT2D eigenvalue weighted by Gasteiger charge is 2.42. The van der Waals surface area contributed by atoms with Gasteiger partial charge in [-0.25, -0.2) is 0 Å². The lowest BCUT2D eigenvalue weighted by Gasteiger charge is -2.47. The molecule has 2 saturated carbocycles. The third-order valence-electron chi connectivity index (χ3n) is 8.33. The molecule has 4 unspecified atom stereocenters. The van der Waals surface area contributed by atoms with E-state index in [1.54, 1.807) is 0 Å². The molecule has 4 N–H and O–H groups in total. The van der Waals surface area contributed by atoms with Crippen LogP contribution in [-0.4, -0.2) is 30.2 Å². The monoisotopic (exact) mass is 481 g/mol. The highest BCUT2D eigenvalue weighted by Crippen LogP contribution is 2.51. The molecule has 0 aromatic heterocycles. The van der Waals surface area contributed by atoms with E-state index in [0.717, 1.165) is 39.8 Å². The van der Waals surface area contributed by atoms with Gasteiger partial charge in [0.25, 0.3) is 0 Å². The van der Waals surface area contributed by atoms with Crippen molar-refractivity contribution in [2.45, 2.75) is 57.4 Å². The minimum absolute atomic E-state index is 0.109.